The number of ketones is 1. The highest BCUT2D eigenvalue weighted by molar-refractivity contribution is 14.2. The minimum Gasteiger partial charge on any atom is -0.428 e. The van der Waals surface area contributed by atoms with Gasteiger partial charge in [0.15, 0.2) is 0 Å². The number of carbonyl (C=O) groups is 4. The monoisotopic (exact) mass is 557 g/mol. The molecule has 0 heterocycles. The highest BCUT2D eigenvalue weighted by Gasteiger charge is 2.11. The number of ether oxygens (including phenoxy) is 2. The Hall–Kier alpha value is -0.500. The molecule has 0 aliphatic rings. The van der Waals surface area contributed by atoms with Gasteiger partial charge in [-0.3, -0.25) is 19.2 Å². The second-order valence-electron chi connectivity index (χ2n) is 4.08. The van der Waals surface area contributed by atoms with Crippen molar-refractivity contribution in [2.45, 2.75) is 35.0 Å². The van der Waals surface area contributed by atoms with Gasteiger partial charge in [-0.1, -0.05) is 52.1 Å². The van der Waals surface area contributed by atoms with Crippen molar-refractivity contribution in [3.05, 3.63) is 0 Å². The zero-order valence-corrected chi connectivity index (χ0v) is 17.3. The Morgan fingerprint density at radius 3 is 1.96 bits per heavy atom. The fourth-order valence-electron chi connectivity index (χ4n) is 0.855. The van der Waals surface area contributed by atoms with Crippen LogP contribution in [0.3, 0.4) is 0 Å². The first-order valence-corrected chi connectivity index (χ1v) is 9.18. The average Bonchev–Trinajstić information content (AvgIpc) is 2.44. The zero-order valence-electron chi connectivity index (χ0n) is 13.0. The van der Waals surface area contributed by atoms with Crippen molar-refractivity contribution >= 4 is 68.8 Å². The summed E-state index contributed by atoms with van der Waals surface area (Å²) in [5.41, 5.74) is 0. The molecule has 23 heavy (non-hydrogen) atoms. The predicted octanol–water partition coefficient (Wildman–Crippen LogP) is 1.10. The highest BCUT2D eigenvalue weighted by Crippen LogP contribution is 2.11. The van der Waals surface area contributed by atoms with E-state index in [2.05, 4.69) is 66.9 Å². The van der Waals surface area contributed by atoms with E-state index in [9.17, 15) is 19.2 Å². The molecular weight excluding hydrogens is 536 g/mol. The van der Waals surface area contributed by atoms with E-state index in [0.29, 0.717) is 0 Å². The van der Waals surface area contributed by atoms with Gasteiger partial charge < -0.3 is 19.9 Å². The number of aliphatic hydroxyl groups is 1. The molecule has 0 saturated carbocycles. The molecule has 0 radical (unpaired) electrons. The van der Waals surface area contributed by atoms with E-state index in [1.807, 2.05) is 0 Å². The van der Waals surface area contributed by atoms with Gasteiger partial charge in [-0.2, -0.15) is 0 Å². The summed E-state index contributed by atoms with van der Waals surface area (Å²) in [7, 11) is 0. The number of amides is 1. The first-order valence-electron chi connectivity index (χ1n) is 6.69. The lowest BCUT2D eigenvalue weighted by atomic mass is 10.3. The Labute approximate surface area is 162 Å². The van der Waals surface area contributed by atoms with E-state index >= 15 is 0 Å². The van der Waals surface area contributed by atoms with Crippen molar-refractivity contribution in [3.63, 3.8) is 0 Å². The summed E-state index contributed by atoms with van der Waals surface area (Å²) in [6.07, 6.45) is 0.347. The number of hydrogen-bond acceptors (Lipinski definition) is 7. The van der Waals surface area contributed by atoms with Crippen LogP contribution >= 0.6 is 45.2 Å². The minimum atomic E-state index is -0.874. The summed E-state index contributed by atoms with van der Waals surface area (Å²) >= 11 is 4.79. The van der Waals surface area contributed by atoms with E-state index in [-0.39, 0.29) is 18.9 Å². The standard InChI is InChI=1S/C10H15NO7.C3H6I2/c1-7(13)4-9(15)17-6-18-10(16)5-8(14)11-2-3-12;1-2-3(4)5/h12H,2-6H2,1H3,(H,11,14);3H,2H2,1H3. The molecule has 10 heteroatoms. The fraction of sp³-hybridized carbons (Fsp3) is 0.692. The molecular formula is C13H21I2NO7. The number of Topliss-reactive ketones (excluding diaryl/α,β-unsaturated/α-hetero) is 1. The number of carbonyl (C=O) groups excluding carboxylic acids is 4. The third-order valence-corrected chi connectivity index (χ3v) is 3.64. The summed E-state index contributed by atoms with van der Waals surface area (Å²) in [6, 6.07) is 0. The summed E-state index contributed by atoms with van der Waals surface area (Å²) in [4.78, 5) is 43.4. The van der Waals surface area contributed by atoms with Crippen LogP contribution in [-0.2, 0) is 28.7 Å². The van der Waals surface area contributed by atoms with Crippen molar-refractivity contribution < 1.29 is 33.8 Å². The van der Waals surface area contributed by atoms with Crippen LogP contribution in [0, 0.1) is 0 Å². The SMILES string of the molecule is CC(=O)CC(=O)OCOC(=O)CC(=O)NCCO.CCC(I)I. The first kappa shape index (κ1) is 24.7. The molecule has 0 atom stereocenters. The number of hydrogen-bond donors (Lipinski definition) is 2. The average molecular weight is 557 g/mol. The fourth-order valence-corrected chi connectivity index (χ4v) is 0.855. The maximum atomic E-state index is 11.0. The molecule has 2 N–H and O–H groups in total. The van der Waals surface area contributed by atoms with E-state index in [1.54, 1.807) is 0 Å². The van der Waals surface area contributed by atoms with Crippen molar-refractivity contribution in [1.82, 2.24) is 5.32 Å². The van der Waals surface area contributed by atoms with Gasteiger partial charge in [-0.25, -0.2) is 0 Å². The highest BCUT2D eigenvalue weighted by atomic mass is 127. The molecule has 0 saturated heterocycles. The van der Waals surface area contributed by atoms with Gasteiger partial charge in [0.25, 0.3) is 0 Å². The Morgan fingerprint density at radius 2 is 1.57 bits per heavy atom. The van der Waals surface area contributed by atoms with Gasteiger partial charge in [-0.15, -0.1) is 0 Å². The largest absolute Gasteiger partial charge is 0.428 e. The number of rotatable bonds is 9. The van der Waals surface area contributed by atoms with Crippen LogP contribution in [0.5, 0.6) is 0 Å². The van der Waals surface area contributed by atoms with Gasteiger partial charge in [-0.05, 0) is 13.3 Å². The molecule has 0 spiro atoms. The van der Waals surface area contributed by atoms with E-state index in [4.69, 9.17) is 5.11 Å². The summed E-state index contributed by atoms with van der Waals surface area (Å²) < 4.78 is 9.66. The predicted molar refractivity (Wildman–Crippen MR) is 99.2 cm³/mol. The van der Waals surface area contributed by atoms with Crippen LogP contribution < -0.4 is 5.32 Å². The van der Waals surface area contributed by atoms with Crippen molar-refractivity contribution in [2.24, 2.45) is 0 Å². The topological polar surface area (TPSA) is 119 Å². The van der Waals surface area contributed by atoms with Gasteiger partial charge in [0, 0.05) is 6.54 Å². The van der Waals surface area contributed by atoms with Gasteiger partial charge >= 0.3 is 11.9 Å². The Morgan fingerprint density at radius 1 is 1.09 bits per heavy atom. The maximum Gasteiger partial charge on any atom is 0.318 e. The van der Waals surface area contributed by atoms with E-state index in [1.165, 1.54) is 13.3 Å². The number of halogens is 2. The molecule has 1 amide bonds. The number of esters is 2. The van der Waals surface area contributed by atoms with E-state index in [0.717, 1.165) is 1.93 Å². The van der Waals surface area contributed by atoms with Crippen LogP contribution in [0.2, 0.25) is 0 Å². The smallest absolute Gasteiger partial charge is 0.318 e. The van der Waals surface area contributed by atoms with Crippen LogP contribution in [0.1, 0.15) is 33.1 Å². The molecule has 8 nitrogen and oxygen atoms in total. The van der Waals surface area contributed by atoms with Crippen LogP contribution in [0.4, 0.5) is 0 Å². The molecule has 134 valence electrons. The third kappa shape index (κ3) is 21.5. The summed E-state index contributed by atoms with van der Waals surface area (Å²) in [5.74, 6) is -2.65. The van der Waals surface area contributed by atoms with E-state index < -0.39 is 37.5 Å². The van der Waals surface area contributed by atoms with Crippen LogP contribution in [0.15, 0.2) is 0 Å². The molecule has 0 aliphatic heterocycles. The normalized spacial score (nSPS) is 9.48. The lowest BCUT2D eigenvalue weighted by molar-refractivity contribution is -0.167. The molecule has 0 aliphatic carbocycles. The number of nitrogens with one attached hydrogen (secondary N) is 1. The quantitative estimate of drug-likeness (QED) is 0.143. The lowest BCUT2D eigenvalue weighted by Crippen LogP contribution is -2.29. The molecule has 0 aromatic carbocycles. The first-order chi connectivity index (χ1) is 10.7. The Balaban J connectivity index is 0. The second kappa shape index (κ2) is 16.4. The summed E-state index contributed by atoms with van der Waals surface area (Å²) in [5, 5.41) is 10.7. The molecule has 0 aromatic rings. The Bertz CT molecular complexity index is 389. The van der Waals surface area contributed by atoms with Crippen LogP contribution in [0.25, 0.3) is 0 Å². The molecule has 0 aromatic heterocycles. The molecule has 0 fully saturated rings. The van der Waals surface area contributed by atoms with Gasteiger partial charge in [0.2, 0.25) is 12.7 Å². The minimum absolute atomic E-state index is 0.0414. The summed E-state index contributed by atoms with van der Waals surface area (Å²) in [6.45, 7) is 2.57. The lowest BCUT2D eigenvalue weighted by Gasteiger charge is -2.05. The van der Waals surface area contributed by atoms with Crippen molar-refractivity contribution in [2.75, 3.05) is 19.9 Å². The zero-order chi connectivity index (χ0) is 18.3. The third-order valence-electron chi connectivity index (χ3n) is 1.88. The van der Waals surface area contributed by atoms with Crippen molar-refractivity contribution in [1.29, 1.82) is 0 Å². The molecule has 0 bridgehead atoms. The van der Waals surface area contributed by atoms with Crippen molar-refractivity contribution in [3.8, 4) is 0 Å². The number of aliphatic hydroxyl groups excluding tert-OH is 1. The maximum absolute atomic E-state index is 11.0. The Kier molecular flexibility index (Phi) is 17.6. The van der Waals surface area contributed by atoms with Crippen LogP contribution in [-0.4, -0.2) is 50.6 Å². The molecule has 0 rings (SSSR count). The second-order valence-corrected chi connectivity index (χ2v) is 9.47. The van der Waals surface area contributed by atoms with Gasteiger partial charge in [0.1, 0.15) is 18.6 Å². The van der Waals surface area contributed by atoms with Gasteiger partial charge in [0.05, 0.1) is 8.54 Å². The number of alkyl halides is 2. The molecule has 0 unspecified atom stereocenters.